The lowest BCUT2D eigenvalue weighted by atomic mass is 9.86. The van der Waals surface area contributed by atoms with Crippen LogP contribution in [0.15, 0.2) is 78.4 Å². The number of esters is 1. The summed E-state index contributed by atoms with van der Waals surface area (Å²) in [5.41, 5.74) is 0.765. The largest absolute Gasteiger partial charge is 0.507 e. The molecule has 4 aromatic carbocycles. The number of carboxylic acid groups (broad SMARTS) is 4. The molecular weight excluding hydrogens is 893 g/mol. The summed E-state index contributed by atoms with van der Waals surface area (Å²) < 4.78 is 59.5. The van der Waals surface area contributed by atoms with Gasteiger partial charge in [0, 0.05) is 29.0 Å². The molecule has 0 aliphatic carbocycles. The highest BCUT2D eigenvalue weighted by Crippen LogP contribution is 2.42. The first-order chi connectivity index (χ1) is 30.2. The molecule has 0 fully saturated rings. The molecule has 0 bridgehead atoms. The number of allylic oxidation sites excluding steroid dienone is 1. The Bertz CT molecular complexity index is 2450. The summed E-state index contributed by atoms with van der Waals surface area (Å²) in [7, 11) is 5.72. The number of methoxy groups -OCH3 is 4. The van der Waals surface area contributed by atoms with Gasteiger partial charge in [-0.25, -0.2) is 28.8 Å². The van der Waals surface area contributed by atoms with Crippen LogP contribution < -0.4 is 29.6 Å². The number of phenols is 1. The number of urea groups is 1. The number of anilines is 2. The summed E-state index contributed by atoms with van der Waals surface area (Å²) in [5, 5.41) is 49.3. The number of alkyl halides is 3. The number of hydrogen-bond donors (Lipinski definition) is 7. The minimum atomic E-state index is -4.53. The molecule has 22 heteroatoms. The molecule has 350 valence electrons. The second kappa shape index (κ2) is 23.1. The number of nitrogens with one attached hydrogen (secondary N) is 2. The van der Waals surface area contributed by atoms with Crippen LogP contribution in [0.4, 0.5) is 29.3 Å². The van der Waals surface area contributed by atoms with E-state index in [0.29, 0.717) is 40.6 Å². The SMILES string of the molecule is CC(=CC(=O)O)C(F)(F)F.CC(C)(C)c1ccc(O)c(C(=O)O)c1.COc1cc(OC)c(NC(=O)Nc2cccc(C(=O)O)c2)cc1Cl.COc1ccc2c(c1OC)C(=O)OC2C(=O)O. The maximum Gasteiger partial charge on any atom is 0.412 e. The minimum absolute atomic E-state index is 0.0441. The topological polar surface area (TPSA) is 274 Å². The molecular formula is C43H44ClF3N2O16. The Morgan fingerprint density at radius 1 is 0.769 bits per heavy atom. The summed E-state index contributed by atoms with van der Waals surface area (Å²) in [4.78, 5) is 66.0. The number of carboxylic acids is 4. The molecule has 2 amide bonds. The summed E-state index contributed by atoms with van der Waals surface area (Å²) in [6, 6.07) is 16.0. The van der Waals surface area contributed by atoms with Crippen LogP contribution in [-0.2, 0) is 19.7 Å². The Morgan fingerprint density at radius 2 is 1.38 bits per heavy atom. The Hall–Kier alpha value is -7.68. The number of carbonyl (C=O) groups is 6. The van der Waals surface area contributed by atoms with Crippen LogP contribution in [0.5, 0.6) is 28.7 Å². The average Bonchev–Trinajstić information content (AvgIpc) is 3.56. The molecule has 0 spiro atoms. The normalized spacial score (nSPS) is 12.7. The standard InChI is InChI=1S/C16H15ClN2O5.C11H10O6.C11H14O3.C5H5F3O2/c1-23-13-8-14(24-2)12(7-11(13)17)19-16(22)18-10-5-3-4-9(6-10)15(20)21;1-15-6-4-3-5-7(9(6)16-2)11(14)17-8(5)10(12)13;1-11(2,3)7-4-5-9(12)8(6-7)10(13)14;1-3(2-4(9)10)5(6,7)8/h3-8H,1-2H3,(H,20,21)(H2,18,19,22);3-4,8H,1-2H3,(H,12,13);4-6,12H,1-3H3,(H,13,14);2H,1H3,(H,9,10). The van der Waals surface area contributed by atoms with Gasteiger partial charge >= 0.3 is 42.1 Å². The van der Waals surface area contributed by atoms with Gasteiger partial charge in [0.15, 0.2) is 11.5 Å². The lowest BCUT2D eigenvalue weighted by Gasteiger charge is -2.19. The molecule has 18 nitrogen and oxygen atoms in total. The van der Waals surface area contributed by atoms with Gasteiger partial charge in [-0.15, -0.1) is 0 Å². The van der Waals surface area contributed by atoms with Gasteiger partial charge in [-0.05, 0) is 66.4 Å². The number of aliphatic carboxylic acids is 2. The number of aromatic hydroxyl groups is 1. The van der Waals surface area contributed by atoms with Crippen LogP contribution in [0, 0.1) is 0 Å². The van der Waals surface area contributed by atoms with Crippen molar-refractivity contribution in [1.29, 1.82) is 0 Å². The molecule has 5 rings (SSSR count). The van der Waals surface area contributed by atoms with E-state index in [-0.39, 0.29) is 45.2 Å². The first-order valence-corrected chi connectivity index (χ1v) is 18.6. The van der Waals surface area contributed by atoms with Gasteiger partial charge in [0.1, 0.15) is 28.4 Å². The third-order valence-electron chi connectivity index (χ3n) is 8.48. The van der Waals surface area contributed by atoms with Crippen LogP contribution >= 0.6 is 11.6 Å². The van der Waals surface area contributed by atoms with Crippen molar-refractivity contribution < 1.29 is 91.2 Å². The second-order valence-electron chi connectivity index (χ2n) is 14.0. The Balaban J connectivity index is 0.000000313. The van der Waals surface area contributed by atoms with Crippen molar-refractivity contribution in [3.63, 3.8) is 0 Å². The van der Waals surface area contributed by atoms with Gasteiger partial charge in [-0.3, -0.25) is 0 Å². The third kappa shape index (κ3) is 15.3. The Morgan fingerprint density at radius 3 is 1.86 bits per heavy atom. The summed E-state index contributed by atoms with van der Waals surface area (Å²) >= 11 is 6.04. The smallest absolute Gasteiger partial charge is 0.412 e. The van der Waals surface area contributed by atoms with Crippen LogP contribution in [0.25, 0.3) is 0 Å². The van der Waals surface area contributed by atoms with Crippen molar-refractivity contribution in [2.75, 3.05) is 39.1 Å². The van der Waals surface area contributed by atoms with E-state index < -0.39 is 53.7 Å². The maximum absolute atomic E-state index is 12.1. The second-order valence-corrected chi connectivity index (χ2v) is 14.4. The predicted octanol–water partition coefficient (Wildman–Crippen LogP) is 8.67. The van der Waals surface area contributed by atoms with E-state index in [1.54, 1.807) is 18.2 Å². The highest BCUT2D eigenvalue weighted by atomic mass is 35.5. The van der Waals surface area contributed by atoms with Crippen molar-refractivity contribution in [2.24, 2.45) is 0 Å². The highest BCUT2D eigenvalue weighted by Gasteiger charge is 2.40. The molecule has 7 N–H and O–H groups in total. The highest BCUT2D eigenvalue weighted by molar-refractivity contribution is 6.32. The van der Waals surface area contributed by atoms with Crippen LogP contribution in [0.2, 0.25) is 5.02 Å². The fourth-order valence-electron chi connectivity index (χ4n) is 5.20. The van der Waals surface area contributed by atoms with Gasteiger partial charge < -0.3 is 59.9 Å². The third-order valence-corrected chi connectivity index (χ3v) is 8.78. The number of ether oxygens (including phenoxy) is 5. The molecule has 4 aromatic rings. The van der Waals surface area contributed by atoms with Gasteiger partial charge in [0.25, 0.3) is 0 Å². The number of carbonyl (C=O) groups excluding carboxylic acids is 2. The molecule has 1 unspecified atom stereocenters. The molecule has 1 aliphatic heterocycles. The minimum Gasteiger partial charge on any atom is -0.507 e. The zero-order valence-corrected chi connectivity index (χ0v) is 36.5. The molecule has 65 heavy (non-hydrogen) atoms. The predicted molar refractivity (Wildman–Crippen MR) is 227 cm³/mol. The first-order valence-electron chi connectivity index (χ1n) is 18.3. The number of cyclic esters (lactones) is 1. The first kappa shape index (κ1) is 53.5. The van der Waals surface area contributed by atoms with Crippen molar-refractivity contribution in [1.82, 2.24) is 0 Å². The van der Waals surface area contributed by atoms with Gasteiger partial charge in [0.2, 0.25) is 6.10 Å². The number of rotatable bonds is 10. The lowest BCUT2D eigenvalue weighted by molar-refractivity contribution is -0.146. The fraction of sp³-hybridized carbons (Fsp3) is 0.256. The fourth-order valence-corrected chi connectivity index (χ4v) is 5.44. The molecule has 0 radical (unpaired) electrons. The number of halogens is 4. The number of amides is 2. The lowest BCUT2D eigenvalue weighted by Crippen LogP contribution is -2.20. The molecule has 0 aromatic heterocycles. The maximum atomic E-state index is 12.1. The van der Waals surface area contributed by atoms with E-state index in [1.807, 2.05) is 20.8 Å². The van der Waals surface area contributed by atoms with Gasteiger partial charge in [0.05, 0.1) is 44.7 Å². The van der Waals surface area contributed by atoms with Crippen LogP contribution in [-0.4, -0.2) is 96.0 Å². The summed E-state index contributed by atoms with van der Waals surface area (Å²) in [6.07, 6.45) is -5.68. The quantitative estimate of drug-likeness (QED) is 0.0579. The van der Waals surface area contributed by atoms with Crippen LogP contribution in [0.1, 0.15) is 76.0 Å². The van der Waals surface area contributed by atoms with Crippen molar-refractivity contribution in [2.45, 2.75) is 45.4 Å². The molecule has 1 aliphatic rings. The van der Waals surface area contributed by atoms with E-state index in [1.165, 1.54) is 77.0 Å². The van der Waals surface area contributed by atoms with Crippen molar-refractivity contribution >= 4 is 58.9 Å². The monoisotopic (exact) mass is 936 g/mol. The van der Waals surface area contributed by atoms with Gasteiger partial charge in [-0.1, -0.05) is 44.5 Å². The van der Waals surface area contributed by atoms with E-state index >= 15 is 0 Å². The number of fused-ring (bicyclic) bond motifs is 1. The van der Waals surface area contributed by atoms with Crippen molar-refractivity contribution in [3.8, 4) is 28.7 Å². The Kier molecular flexibility index (Phi) is 19.0. The molecule has 1 atom stereocenters. The summed E-state index contributed by atoms with van der Waals surface area (Å²) in [6.45, 7) is 6.68. The zero-order valence-electron chi connectivity index (χ0n) is 35.7. The Labute approximate surface area is 373 Å². The van der Waals surface area contributed by atoms with E-state index in [4.69, 9.17) is 55.7 Å². The molecule has 1 heterocycles. The van der Waals surface area contributed by atoms with Crippen LogP contribution in [0.3, 0.4) is 0 Å². The zero-order chi connectivity index (χ0) is 49.6. The van der Waals surface area contributed by atoms with Crippen molar-refractivity contribution in [3.05, 3.63) is 111 Å². The van der Waals surface area contributed by atoms with Gasteiger partial charge in [-0.2, -0.15) is 13.2 Å². The van der Waals surface area contributed by atoms with E-state index in [9.17, 15) is 47.0 Å². The molecule has 0 saturated heterocycles. The number of benzene rings is 4. The van der Waals surface area contributed by atoms with E-state index in [2.05, 4.69) is 10.6 Å². The average molecular weight is 937 g/mol. The number of hydrogen-bond acceptors (Lipinski definition) is 12. The molecule has 0 saturated carbocycles. The summed E-state index contributed by atoms with van der Waals surface area (Å²) in [5.74, 6) is -4.57. The number of aromatic carboxylic acids is 2. The van der Waals surface area contributed by atoms with E-state index in [0.717, 1.165) is 5.56 Å².